The van der Waals surface area contributed by atoms with Gasteiger partial charge in [-0.1, -0.05) is 30.3 Å². The lowest BCUT2D eigenvalue weighted by Crippen LogP contribution is -2.29. The highest BCUT2D eigenvalue weighted by molar-refractivity contribution is 7.90. The molecule has 1 aromatic carbocycles. The Morgan fingerprint density at radius 3 is 2.53 bits per heavy atom. The fourth-order valence-electron chi connectivity index (χ4n) is 1.11. The molecule has 0 radical (unpaired) electrons. The van der Waals surface area contributed by atoms with E-state index in [4.69, 9.17) is 4.74 Å². The fraction of sp³-hybridized carbons (Fsp3) is 0.364. The van der Waals surface area contributed by atoms with Crippen molar-refractivity contribution in [3.8, 4) is 0 Å². The normalized spacial score (nSPS) is 10.9. The smallest absolute Gasteiger partial charge is 0.407 e. The summed E-state index contributed by atoms with van der Waals surface area (Å²) in [5.74, 6) is -0.0898. The topological polar surface area (TPSA) is 72.5 Å². The van der Waals surface area contributed by atoms with Crippen molar-refractivity contribution in [1.29, 1.82) is 0 Å². The lowest BCUT2D eigenvalue weighted by molar-refractivity contribution is 0.140. The molecule has 0 aromatic heterocycles. The number of amides is 1. The molecule has 17 heavy (non-hydrogen) atoms. The molecule has 0 spiro atoms. The molecule has 0 heterocycles. The van der Waals surface area contributed by atoms with Gasteiger partial charge >= 0.3 is 6.09 Å². The van der Waals surface area contributed by atoms with Crippen molar-refractivity contribution < 1.29 is 17.9 Å². The first-order valence-corrected chi connectivity index (χ1v) is 7.16. The van der Waals surface area contributed by atoms with Gasteiger partial charge < -0.3 is 10.1 Å². The lowest BCUT2D eigenvalue weighted by atomic mass is 10.2. The highest BCUT2D eigenvalue weighted by Crippen LogP contribution is 2.00. The second-order valence-electron chi connectivity index (χ2n) is 3.62. The Bertz CT molecular complexity index is 456. The molecule has 1 aromatic rings. The quantitative estimate of drug-likeness (QED) is 0.632. The van der Waals surface area contributed by atoms with Crippen LogP contribution in [0, 0.1) is 0 Å². The Morgan fingerprint density at radius 2 is 1.94 bits per heavy atom. The van der Waals surface area contributed by atoms with Gasteiger partial charge in [0.25, 0.3) is 0 Å². The van der Waals surface area contributed by atoms with E-state index in [9.17, 15) is 13.2 Å². The average molecular weight is 260 g/mol. The summed E-state index contributed by atoms with van der Waals surface area (Å²) >= 11 is 0. The number of carbonyl (C=O) groups excluding carboxylic acids is 1. The van der Waals surface area contributed by atoms with Crippen molar-refractivity contribution >= 4 is 15.9 Å². The van der Waals surface area contributed by atoms with E-state index in [1.807, 2.05) is 30.3 Å². The van der Waals surface area contributed by atoms with Gasteiger partial charge in [-0.05, 0) is 5.56 Å². The highest BCUT2D eigenvalue weighted by Gasteiger charge is 2.05. The molecule has 94 valence electrons. The standard InChI is InChI=1S/C11H15NO4S/c1-17(14,15)8-7-12-11(13)16-9-10-5-3-2-4-6-10/h2-6H,7-9H2,1H3,(H,12,13)/i7+1,8+1,12+1. The molecule has 0 bridgehead atoms. The van der Waals surface area contributed by atoms with Gasteiger partial charge in [0.15, 0.2) is 0 Å². The average Bonchev–Trinajstić information content (AvgIpc) is 2.26. The summed E-state index contributed by atoms with van der Waals surface area (Å²) in [5.41, 5.74) is 0.880. The van der Waals surface area contributed by atoms with E-state index in [0.717, 1.165) is 11.8 Å². The number of ether oxygens (including phenoxy) is 1. The predicted octanol–water partition coefficient (Wildman–Crippen LogP) is 0.957. The van der Waals surface area contributed by atoms with Gasteiger partial charge in [0.2, 0.25) is 0 Å². The summed E-state index contributed by atoms with van der Waals surface area (Å²) in [6, 6.07) is 9.24. The van der Waals surface area contributed by atoms with Crippen molar-refractivity contribution in [3.05, 3.63) is 35.9 Å². The number of nitrogens with one attached hydrogen (secondary N) is 1. The number of rotatable bonds is 5. The first kappa shape index (κ1) is 13.5. The largest absolute Gasteiger partial charge is 0.445 e. The molecule has 0 unspecified atom stereocenters. The van der Waals surface area contributed by atoms with Crippen LogP contribution in [0.15, 0.2) is 30.3 Å². The van der Waals surface area contributed by atoms with E-state index in [0.29, 0.717) is 0 Å². The predicted molar refractivity (Wildman–Crippen MR) is 64.3 cm³/mol. The van der Waals surface area contributed by atoms with E-state index >= 15 is 0 Å². The van der Waals surface area contributed by atoms with E-state index in [1.165, 1.54) is 0 Å². The third-order valence-corrected chi connectivity index (χ3v) is 2.90. The number of alkyl carbamates (subject to hydrolysis) is 1. The van der Waals surface area contributed by atoms with Crippen LogP contribution in [-0.2, 0) is 21.2 Å². The summed E-state index contributed by atoms with van der Waals surface area (Å²) in [4.78, 5) is 11.2. The summed E-state index contributed by atoms with van der Waals surface area (Å²) in [5, 5.41) is 2.37. The Morgan fingerprint density at radius 1 is 1.29 bits per heavy atom. The highest BCUT2D eigenvalue weighted by atomic mass is 32.2. The Balaban J connectivity index is 2.22. The first-order chi connectivity index (χ1) is 7.97. The molecule has 0 aliphatic rings. The molecular formula is C11H15NO4S. The Hall–Kier alpha value is -1.56. The first-order valence-electron chi connectivity index (χ1n) is 5.09. The van der Waals surface area contributed by atoms with Crippen molar-refractivity contribution in [3.63, 3.8) is 0 Å². The van der Waals surface area contributed by atoms with Gasteiger partial charge in [-0.15, -0.1) is 0 Å². The van der Waals surface area contributed by atoms with Gasteiger partial charge in [0.05, 0.1) is 5.75 Å². The number of hydrogen-bond acceptors (Lipinski definition) is 4. The second kappa shape index (κ2) is 6.24. The van der Waals surface area contributed by atoms with E-state index in [-0.39, 0.29) is 18.9 Å². The minimum Gasteiger partial charge on any atom is -0.445 e. The molecule has 0 saturated heterocycles. The number of sulfone groups is 1. The summed E-state index contributed by atoms with van der Waals surface area (Å²) < 4.78 is 26.5. The molecule has 0 aliphatic heterocycles. The molecule has 0 atom stereocenters. The zero-order chi connectivity index (χ0) is 12.7. The van der Waals surface area contributed by atoms with E-state index in [2.05, 4.69) is 5.32 Å². The van der Waals surface area contributed by atoms with Crippen LogP contribution in [0.1, 0.15) is 5.56 Å². The Labute approximate surface area is 101 Å². The van der Waals surface area contributed by atoms with Crippen LogP contribution >= 0.6 is 0 Å². The second-order valence-corrected chi connectivity index (χ2v) is 5.88. The van der Waals surface area contributed by atoms with Crippen LogP contribution < -0.4 is 5.32 Å². The molecule has 1 rings (SSSR count). The zero-order valence-corrected chi connectivity index (χ0v) is 10.4. The molecule has 0 saturated carbocycles. The summed E-state index contributed by atoms with van der Waals surface area (Å²) in [6.07, 6.45) is 0.502. The molecule has 5 nitrogen and oxygen atoms in total. The van der Waals surface area contributed by atoms with Gasteiger partial charge in [-0.3, -0.25) is 0 Å². The fourth-order valence-corrected chi connectivity index (χ4v) is 1.59. The van der Waals surface area contributed by atoms with Gasteiger partial charge in [-0.2, -0.15) is 0 Å². The van der Waals surface area contributed by atoms with E-state index in [1.54, 1.807) is 0 Å². The van der Waals surface area contributed by atoms with Gasteiger partial charge in [0.1, 0.15) is 16.4 Å². The molecule has 0 fully saturated rings. The van der Waals surface area contributed by atoms with Crippen molar-refractivity contribution in [1.82, 2.24) is 5.32 Å². The van der Waals surface area contributed by atoms with Crippen LogP contribution in [0.3, 0.4) is 0 Å². The zero-order valence-electron chi connectivity index (χ0n) is 9.55. The van der Waals surface area contributed by atoms with Crippen LogP contribution in [0.4, 0.5) is 4.79 Å². The Kier molecular flexibility index (Phi) is 4.96. The summed E-state index contributed by atoms with van der Waals surface area (Å²) in [7, 11) is -3.06. The third kappa shape index (κ3) is 6.57. The van der Waals surface area contributed by atoms with Gasteiger partial charge in [-0.25, -0.2) is 13.2 Å². The van der Waals surface area contributed by atoms with E-state index < -0.39 is 15.9 Å². The summed E-state index contributed by atoms with van der Waals surface area (Å²) in [6.45, 7) is 0.234. The molecule has 0 aliphatic carbocycles. The molecule has 1 N–H and O–H groups in total. The van der Waals surface area contributed by atoms with Crippen molar-refractivity contribution in [2.75, 3.05) is 18.6 Å². The number of carbonyl (C=O) groups is 1. The van der Waals surface area contributed by atoms with Crippen molar-refractivity contribution in [2.45, 2.75) is 6.61 Å². The monoisotopic (exact) mass is 260 g/mol. The molecule has 6 heteroatoms. The maximum atomic E-state index is 11.2. The lowest BCUT2D eigenvalue weighted by Gasteiger charge is -2.06. The van der Waals surface area contributed by atoms with Crippen LogP contribution in [0.2, 0.25) is 0 Å². The number of benzene rings is 1. The number of hydrogen-bond donors (Lipinski definition) is 1. The third-order valence-electron chi connectivity index (χ3n) is 1.95. The minimum absolute atomic E-state index is 0.0620. The van der Waals surface area contributed by atoms with Crippen LogP contribution in [-0.4, -0.2) is 33.1 Å². The SMILES string of the molecule is CS(=O)(=O)[13CH2][13CH2][15NH]C(=O)OCc1ccccc1. The van der Waals surface area contributed by atoms with Gasteiger partial charge in [0, 0.05) is 12.8 Å². The molecular weight excluding hydrogens is 245 g/mol. The molecule has 1 amide bonds. The maximum absolute atomic E-state index is 11.2. The minimum atomic E-state index is -3.06. The van der Waals surface area contributed by atoms with Crippen molar-refractivity contribution in [2.24, 2.45) is 0 Å². The maximum Gasteiger partial charge on any atom is 0.407 e. The van der Waals surface area contributed by atoms with Crippen LogP contribution in [0.25, 0.3) is 0 Å². The van der Waals surface area contributed by atoms with Crippen LogP contribution in [0.5, 0.6) is 0 Å².